The Morgan fingerprint density at radius 2 is 2.22 bits per heavy atom. The Kier molecular flexibility index (Phi) is 5.02. The first kappa shape index (κ1) is 16.5. The van der Waals surface area contributed by atoms with Crippen LogP contribution in [-0.2, 0) is 4.74 Å². The molecule has 1 aromatic heterocycles. The van der Waals surface area contributed by atoms with Crippen molar-refractivity contribution in [1.82, 2.24) is 14.9 Å². The van der Waals surface area contributed by atoms with Crippen LogP contribution in [0.15, 0.2) is 6.20 Å². The van der Waals surface area contributed by atoms with E-state index in [1.165, 1.54) is 6.20 Å². The number of nitrogens with zero attached hydrogens (tertiary/aromatic N) is 4. The summed E-state index contributed by atoms with van der Waals surface area (Å²) in [5.74, 6) is 0.449. The van der Waals surface area contributed by atoms with E-state index in [9.17, 15) is 4.79 Å². The van der Waals surface area contributed by atoms with Gasteiger partial charge in [0.2, 0.25) is 5.95 Å². The summed E-state index contributed by atoms with van der Waals surface area (Å²) in [5, 5.41) is 0.312. The molecule has 1 amide bonds. The summed E-state index contributed by atoms with van der Waals surface area (Å²) in [5.41, 5.74) is 0.302. The normalized spacial score (nSPS) is 23.7. The number of aromatic nitrogens is 2. The summed E-state index contributed by atoms with van der Waals surface area (Å²) >= 11 is 6.22. The summed E-state index contributed by atoms with van der Waals surface area (Å²) in [4.78, 5) is 25.6. The smallest absolute Gasteiger partial charge is 0.274 e. The van der Waals surface area contributed by atoms with E-state index in [1.54, 1.807) is 0 Å². The number of fused-ring (bicyclic) bond motifs is 1. The largest absolute Gasteiger partial charge is 0.374 e. The van der Waals surface area contributed by atoms with Gasteiger partial charge in [0.05, 0.1) is 30.0 Å². The number of rotatable bonds is 4. The van der Waals surface area contributed by atoms with E-state index in [-0.39, 0.29) is 18.1 Å². The van der Waals surface area contributed by atoms with Crippen molar-refractivity contribution in [2.75, 3.05) is 31.1 Å². The summed E-state index contributed by atoms with van der Waals surface area (Å²) in [6.07, 6.45) is 4.80. The highest BCUT2D eigenvalue weighted by Gasteiger charge is 2.39. The van der Waals surface area contributed by atoms with Gasteiger partial charge in [0.25, 0.3) is 5.91 Å². The Morgan fingerprint density at radius 1 is 1.43 bits per heavy atom. The van der Waals surface area contributed by atoms with E-state index in [0.29, 0.717) is 29.8 Å². The zero-order valence-corrected chi connectivity index (χ0v) is 14.4. The molecule has 2 atom stereocenters. The summed E-state index contributed by atoms with van der Waals surface area (Å²) < 4.78 is 5.78. The molecule has 7 heteroatoms. The molecule has 1 saturated carbocycles. The van der Waals surface area contributed by atoms with Gasteiger partial charge >= 0.3 is 0 Å². The minimum atomic E-state index is -0.106. The maximum atomic E-state index is 13.0. The van der Waals surface area contributed by atoms with Crippen LogP contribution in [0.25, 0.3) is 0 Å². The fourth-order valence-corrected chi connectivity index (χ4v) is 3.65. The molecule has 6 nitrogen and oxygen atoms in total. The third-order valence-corrected chi connectivity index (χ3v) is 5.00. The second kappa shape index (κ2) is 7.01. The van der Waals surface area contributed by atoms with Gasteiger partial charge < -0.3 is 14.5 Å². The van der Waals surface area contributed by atoms with Crippen molar-refractivity contribution >= 4 is 23.5 Å². The van der Waals surface area contributed by atoms with Gasteiger partial charge in [0.15, 0.2) is 5.69 Å². The van der Waals surface area contributed by atoms with E-state index in [1.807, 2.05) is 23.6 Å². The number of hydrogen-bond donors (Lipinski definition) is 0. The van der Waals surface area contributed by atoms with Gasteiger partial charge in [-0.05, 0) is 33.1 Å². The molecule has 1 aromatic rings. The fourth-order valence-electron chi connectivity index (χ4n) is 3.48. The Hall–Kier alpha value is -1.40. The van der Waals surface area contributed by atoms with Crippen LogP contribution in [0.5, 0.6) is 0 Å². The summed E-state index contributed by atoms with van der Waals surface area (Å²) in [6, 6.07) is 0.152. The molecule has 0 N–H and O–H groups in total. The Labute approximate surface area is 141 Å². The number of ether oxygens (including phenoxy) is 1. The molecule has 0 unspecified atom stereocenters. The van der Waals surface area contributed by atoms with Gasteiger partial charge in [0, 0.05) is 19.6 Å². The van der Waals surface area contributed by atoms with Crippen molar-refractivity contribution in [3.05, 3.63) is 16.9 Å². The van der Waals surface area contributed by atoms with Crippen molar-refractivity contribution in [3.63, 3.8) is 0 Å². The molecule has 2 fully saturated rings. The van der Waals surface area contributed by atoms with Crippen LogP contribution in [0.3, 0.4) is 0 Å². The molecule has 1 saturated heterocycles. The topological polar surface area (TPSA) is 58.6 Å². The van der Waals surface area contributed by atoms with Crippen LogP contribution in [0.2, 0.25) is 5.02 Å². The van der Waals surface area contributed by atoms with Crippen molar-refractivity contribution in [2.24, 2.45) is 0 Å². The molecule has 2 aliphatic rings. The maximum Gasteiger partial charge on any atom is 0.274 e. The van der Waals surface area contributed by atoms with Crippen LogP contribution in [0, 0.1) is 0 Å². The van der Waals surface area contributed by atoms with Crippen molar-refractivity contribution < 1.29 is 9.53 Å². The van der Waals surface area contributed by atoms with Crippen molar-refractivity contribution in [2.45, 2.75) is 45.3 Å². The first-order valence-corrected chi connectivity index (χ1v) is 8.73. The van der Waals surface area contributed by atoms with Crippen LogP contribution >= 0.6 is 11.6 Å². The number of amides is 1. The van der Waals surface area contributed by atoms with Crippen molar-refractivity contribution in [1.29, 1.82) is 0 Å². The van der Waals surface area contributed by atoms with Crippen LogP contribution in [0.1, 0.15) is 43.6 Å². The van der Waals surface area contributed by atoms with E-state index in [0.717, 1.165) is 32.4 Å². The second-order valence-corrected chi connectivity index (χ2v) is 6.35. The first-order chi connectivity index (χ1) is 11.2. The Morgan fingerprint density at radius 3 is 2.96 bits per heavy atom. The van der Waals surface area contributed by atoms with Crippen LogP contribution in [-0.4, -0.2) is 59.2 Å². The number of anilines is 1. The number of carbonyl (C=O) groups is 1. The van der Waals surface area contributed by atoms with Gasteiger partial charge in [-0.2, -0.15) is 0 Å². The summed E-state index contributed by atoms with van der Waals surface area (Å²) in [6.45, 7) is 6.82. The third kappa shape index (κ3) is 3.15. The second-order valence-electron chi connectivity index (χ2n) is 5.94. The minimum Gasteiger partial charge on any atom is -0.374 e. The first-order valence-electron chi connectivity index (χ1n) is 8.35. The SMILES string of the molecule is CCN(CC)c1ncc(Cl)c(C(=O)N2CCO[C@H]3CCC[C@H]32)n1. The maximum absolute atomic E-state index is 13.0. The predicted molar refractivity (Wildman–Crippen MR) is 89.0 cm³/mol. The van der Waals surface area contributed by atoms with Gasteiger partial charge in [-0.3, -0.25) is 4.79 Å². The number of hydrogen-bond acceptors (Lipinski definition) is 5. The molecule has 3 rings (SSSR count). The highest BCUT2D eigenvalue weighted by atomic mass is 35.5. The quantitative estimate of drug-likeness (QED) is 0.843. The predicted octanol–water partition coefficient (Wildman–Crippen LogP) is 2.37. The monoisotopic (exact) mass is 338 g/mol. The molecule has 23 heavy (non-hydrogen) atoms. The van der Waals surface area contributed by atoms with Gasteiger partial charge in [0.1, 0.15) is 0 Å². The average molecular weight is 339 g/mol. The molecule has 1 aliphatic heterocycles. The fraction of sp³-hybridized carbons (Fsp3) is 0.688. The van der Waals surface area contributed by atoms with Crippen molar-refractivity contribution in [3.8, 4) is 0 Å². The zero-order chi connectivity index (χ0) is 16.4. The lowest BCUT2D eigenvalue weighted by Crippen LogP contribution is -2.51. The van der Waals surface area contributed by atoms with Gasteiger partial charge in [-0.25, -0.2) is 9.97 Å². The average Bonchev–Trinajstić information content (AvgIpc) is 3.05. The lowest BCUT2D eigenvalue weighted by molar-refractivity contribution is -0.0447. The number of morpholine rings is 1. The van der Waals surface area contributed by atoms with E-state index in [4.69, 9.17) is 16.3 Å². The van der Waals surface area contributed by atoms with Crippen LogP contribution in [0.4, 0.5) is 5.95 Å². The molecule has 2 heterocycles. The van der Waals surface area contributed by atoms with Gasteiger partial charge in [-0.15, -0.1) is 0 Å². The molecule has 0 aromatic carbocycles. The molecular formula is C16H23ClN4O2. The molecule has 0 spiro atoms. The molecular weight excluding hydrogens is 316 g/mol. The van der Waals surface area contributed by atoms with E-state index < -0.39 is 0 Å². The lowest BCUT2D eigenvalue weighted by atomic mass is 10.1. The number of halogens is 1. The Balaban J connectivity index is 1.87. The van der Waals surface area contributed by atoms with Crippen LogP contribution < -0.4 is 4.90 Å². The molecule has 0 bridgehead atoms. The molecule has 1 aliphatic carbocycles. The minimum absolute atomic E-state index is 0.106. The van der Waals surface area contributed by atoms with E-state index in [2.05, 4.69) is 9.97 Å². The molecule has 0 radical (unpaired) electrons. The molecule has 126 valence electrons. The zero-order valence-electron chi connectivity index (χ0n) is 13.7. The lowest BCUT2D eigenvalue weighted by Gasteiger charge is -2.37. The highest BCUT2D eigenvalue weighted by Crippen LogP contribution is 2.31. The number of carbonyl (C=O) groups excluding carboxylic acids is 1. The highest BCUT2D eigenvalue weighted by molar-refractivity contribution is 6.33. The van der Waals surface area contributed by atoms with Gasteiger partial charge in [-0.1, -0.05) is 11.6 Å². The Bertz CT molecular complexity index is 579. The third-order valence-electron chi connectivity index (χ3n) is 4.72. The van der Waals surface area contributed by atoms with E-state index >= 15 is 0 Å². The summed E-state index contributed by atoms with van der Waals surface area (Å²) in [7, 11) is 0. The standard InChI is InChI=1S/C16H23ClN4O2/c1-3-20(4-2)16-18-10-11(17)14(19-16)15(22)21-8-9-23-13-7-5-6-12(13)21/h10,12-13H,3-9H2,1-2H3/t12-,13+/m1/s1.